The third-order valence-electron chi connectivity index (χ3n) is 3.24. The molecule has 0 saturated carbocycles. The largest absolute Gasteiger partial charge is 0.316 e. The molecule has 17 heavy (non-hydrogen) atoms. The predicted molar refractivity (Wildman–Crippen MR) is 78.6 cm³/mol. The van der Waals surface area contributed by atoms with Crippen LogP contribution in [-0.2, 0) is 6.54 Å². The molecule has 1 fully saturated rings. The molecule has 2 heterocycles. The zero-order valence-corrected chi connectivity index (χ0v) is 12.8. The van der Waals surface area contributed by atoms with Crippen molar-refractivity contribution in [2.24, 2.45) is 5.92 Å². The van der Waals surface area contributed by atoms with Crippen LogP contribution in [0, 0.1) is 5.92 Å². The summed E-state index contributed by atoms with van der Waals surface area (Å²) in [6.07, 6.45) is 2.59. The lowest BCUT2D eigenvalue weighted by Gasteiger charge is -2.15. The second kappa shape index (κ2) is 6.88. The van der Waals surface area contributed by atoms with Crippen molar-refractivity contribution in [3.05, 3.63) is 20.8 Å². The molecule has 96 valence electrons. The van der Waals surface area contributed by atoms with Crippen LogP contribution in [0.15, 0.2) is 15.9 Å². The molecule has 2 nitrogen and oxygen atoms in total. The molecule has 0 bridgehead atoms. The highest BCUT2D eigenvalue weighted by Crippen LogP contribution is 2.25. The summed E-state index contributed by atoms with van der Waals surface area (Å²) in [6.45, 7) is 8.22. The minimum atomic E-state index is 0.852. The van der Waals surface area contributed by atoms with E-state index in [1.807, 2.05) is 11.3 Å². The van der Waals surface area contributed by atoms with Gasteiger partial charge in [-0.05, 0) is 66.5 Å². The van der Waals surface area contributed by atoms with Crippen molar-refractivity contribution in [2.45, 2.75) is 26.3 Å². The molecule has 0 radical (unpaired) electrons. The third kappa shape index (κ3) is 4.36. The molecular formula is C13H21BrN2S. The number of hydrogen-bond donors (Lipinski definition) is 1. The predicted octanol–water partition coefficient (Wildman–Crippen LogP) is 3.33. The lowest BCUT2D eigenvalue weighted by Crippen LogP contribution is -2.26. The number of likely N-dealkylation sites (tertiary alicyclic amines) is 1. The molecule has 1 aromatic heterocycles. The van der Waals surface area contributed by atoms with E-state index in [1.165, 1.54) is 41.1 Å². The van der Waals surface area contributed by atoms with E-state index in [9.17, 15) is 0 Å². The maximum atomic E-state index is 3.53. The van der Waals surface area contributed by atoms with Crippen molar-refractivity contribution in [3.8, 4) is 0 Å². The van der Waals surface area contributed by atoms with Gasteiger partial charge in [0, 0.05) is 18.0 Å². The summed E-state index contributed by atoms with van der Waals surface area (Å²) in [5.74, 6) is 0.852. The van der Waals surface area contributed by atoms with Gasteiger partial charge in [-0.25, -0.2) is 0 Å². The summed E-state index contributed by atoms with van der Waals surface area (Å²) in [5, 5.41) is 3.53. The van der Waals surface area contributed by atoms with Crippen LogP contribution in [0.5, 0.6) is 0 Å². The number of thiophene rings is 1. The van der Waals surface area contributed by atoms with Crippen LogP contribution >= 0.6 is 27.3 Å². The standard InChI is InChI=1S/C13H21BrN2S/c1-2-6-15-8-11-5-7-16(9-11)10-12-3-4-13(14)17-12/h3-4,11,15H,2,5-10H2,1H3. The van der Waals surface area contributed by atoms with E-state index in [0.29, 0.717) is 0 Å². The Morgan fingerprint density at radius 3 is 3.12 bits per heavy atom. The summed E-state index contributed by atoms with van der Waals surface area (Å²) in [6, 6.07) is 4.38. The summed E-state index contributed by atoms with van der Waals surface area (Å²) in [5.41, 5.74) is 0. The fourth-order valence-electron chi connectivity index (χ4n) is 2.36. The number of hydrogen-bond acceptors (Lipinski definition) is 3. The van der Waals surface area contributed by atoms with Crippen LogP contribution in [0.2, 0.25) is 0 Å². The fraction of sp³-hybridized carbons (Fsp3) is 0.692. The van der Waals surface area contributed by atoms with Gasteiger partial charge in [-0.1, -0.05) is 6.92 Å². The van der Waals surface area contributed by atoms with Crippen LogP contribution in [0.4, 0.5) is 0 Å². The van der Waals surface area contributed by atoms with Gasteiger partial charge in [-0.3, -0.25) is 4.90 Å². The number of nitrogens with one attached hydrogen (secondary N) is 1. The molecule has 1 aliphatic rings. The van der Waals surface area contributed by atoms with Gasteiger partial charge < -0.3 is 5.32 Å². The molecular weight excluding hydrogens is 296 g/mol. The smallest absolute Gasteiger partial charge is 0.0701 e. The van der Waals surface area contributed by atoms with Crippen LogP contribution in [0.25, 0.3) is 0 Å². The minimum absolute atomic E-state index is 0.852. The summed E-state index contributed by atoms with van der Waals surface area (Å²) >= 11 is 5.38. The van der Waals surface area contributed by atoms with E-state index in [0.717, 1.165) is 19.0 Å². The van der Waals surface area contributed by atoms with Gasteiger partial charge in [0.2, 0.25) is 0 Å². The molecule has 1 unspecified atom stereocenters. The Balaban J connectivity index is 1.70. The minimum Gasteiger partial charge on any atom is -0.316 e. The van der Waals surface area contributed by atoms with E-state index in [4.69, 9.17) is 0 Å². The maximum Gasteiger partial charge on any atom is 0.0701 e. The summed E-state index contributed by atoms with van der Waals surface area (Å²) in [7, 11) is 0. The highest BCUT2D eigenvalue weighted by atomic mass is 79.9. The van der Waals surface area contributed by atoms with Crippen LogP contribution in [0.3, 0.4) is 0 Å². The topological polar surface area (TPSA) is 15.3 Å². The number of halogens is 1. The summed E-state index contributed by atoms with van der Waals surface area (Å²) < 4.78 is 1.24. The zero-order valence-electron chi connectivity index (χ0n) is 10.4. The summed E-state index contributed by atoms with van der Waals surface area (Å²) in [4.78, 5) is 4.05. The van der Waals surface area contributed by atoms with Crippen molar-refractivity contribution < 1.29 is 0 Å². The second-order valence-electron chi connectivity index (χ2n) is 4.80. The maximum absolute atomic E-state index is 3.53. The molecule has 1 aliphatic heterocycles. The van der Waals surface area contributed by atoms with E-state index >= 15 is 0 Å². The molecule has 1 N–H and O–H groups in total. The van der Waals surface area contributed by atoms with Crippen molar-refractivity contribution in [1.29, 1.82) is 0 Å². The second-order valence-corrected chi connectivity index (χ2v) is 7.35. The SMILES string of the molecule is CCCNCC1CCN(Cc2ccc(Br)s2)C1. The van der Waals surface area contributed by atoms with Gasteiger partial charge in [0.05, 0.1) is 3.79 Å². The first kappa shape index (κ1) is 13.5. The van der Waals surface area contributed by atoms with E-state index < -0.39 is 0 Å². The van der Waals surface area contributed by atoms with Gasteiger partial charge >= 0.3 is 0 Å². The number of nitrogens with zero attached hydrogens (tertiary/aromatic N) is 1. The first-order chi connectivity index (χ1) is 8.28. The van der Waals surface area contributed by atoms with Gasteiger partial charge in [0.15, 0.2) is 0 Å². The van der Waals surface area contributed by atoms with Gasteiger partial charge in [0.25, 0.3) is 0 Å². The fourth-order valence-corrected chi connectivity index (χ4v) is 3.89. The van der Waals surface area contributed by atoms with Crippen molar-refractivity contribution >= 4 is 27.3 Å². The monoisotopic (exact) mass is 316 g/mol. The first-order valence-corrected chi connectivity index (χ1v) is 8.06. The highest BCUT2D eigenvalue weighted by Gasteiger charge is 2.22. The van der Waals surface area contributed by atoms with E-state index in [1.54, 1.807) is 0 Å². The average Bonchev–Trinajstić information content (AvgIpc) is 2.90. The molecule has 1 saturated heterocycles. The molecule has 0 spiro atoms. The van der Waals surface area contributed by atoms with Crippen molar-refractivity contribution in [3.63, 3.8) is 0 Å². The Morgan fingerprint density at radius 2 is 2.41 bits per heavy atom. The lowest BCUT2D eigenvalue weighted by atomic mass is 10.1. The molecule has 1 atom stereocenters. The van der Waals surface area contributed by atoms with Crippen molar-refractivity contribution in [1.82, 2.24) is 10.2 Å². The Morgan fingerprint density at radius 1 is 1.53 bits per heavy atom. The van der Waals surface area contributed by atoms with E-state index in [-0.39, 0.29) is 0 Å². The third-order valence-corrected chi connectivity index (χ3v) is 4.85. The van der Waals surface area contributed by atoms with Crippen molar-refractivity contribution in [2.75, 3.05) is 26.2 Å². The number of rotatable bonds is 6. The van der Waals surface area contributed by atoms with Gasteiger partial charge in [-0.15, -0.1) is 11.3 Å². The van der Waals surface area contributed by atoms with Crippen LogP contribution in [-0.4, -0.2) is 31.1 Å². The van der Waals surface area contributed by atoms with E-state index in [2.05, 4.69) is 45.2 Å². The Bertz CT molecular complexity index is 340. The molecule has 0 aliphatic carbocycles. The average molecular weight is 317 g/mol. The Hall–Kier alpha value is 0.1000. The lowest BCUT2D eigenvalue weighted by molar-refractivity contribution is 0.317. The molecule has 0 aromatic carbocycles. The van der Waals surface area contributed by atoms with Crippen LogP contribution in [0.1, 0.15) is 24.6 Å². The molecule has 0 amide bonds. The molecule has 2 rings (SSSR count). The highest BCUT2D eigenvalue weighted by molar-refractivity contribution is 9.11. The Labute approximate surface area is 117 Å². The normalized spacial score (nSPS) is 21.2. The Kier molecular flexibility index (Phi) is 5.48. The van der Waals surface area contributed by atoms with Gasteiger partial charge in [-0.2, -0.15) is 0 Å². The quantitative estimate of drug-likeness (QED) is 0.810. The van der Waals surface area contributed by atoms with Gasteiger partial charge in [0.1, 0.15) is 0 Å². The van der Waals surface area contributed by atoms with Crippen LogP contribution < -0.4 is 5.32 Å². The first-order valence-electron chi connectivity index (χ1n) is 6.45. The molecule has 1 aromatic rings. The molecule has 4 heteroatoms. The zero-order chi connectivity index (χ0) is 12.1.